The molecule has 2 heterocycles. The maximum absolute atomic E-state index is 4.80. The average molecular weight is 190 g/mol. The second kappa shape index (κ2) is 3.33. The van der Waals surface area contributed by atoms with Gasteiger partial charge in [-0.2, -0.15) is 0 Å². The predicted molar refractivity (Wildman–Crippen MR) is 54.2 cm³/mol. The summed E-state index contributed by atoms with van der Waals surface area (Å²) in [4.78, 5) is 0. The molecule has 0 aromatic carbocycles. The third kappa shape index (κ3) is 1.45. The van der Waals surface area contributed by atoms with E-state index < -0.39 is 0 Å². The third-order valence-electron chi connectivity index (χ3n) is 2.75. The Morgan fingerprint density at radius 1 is 1.36 bits per heavy atom. The van der Waals surface area contributed by atoms with Crippen LogP contribution in [0.2, 0.25) is 0 Å². The lowest BCUT2D eigenvalue weighted by Gasteiger charge is -2.03. The van der Waals surface area contributed by atoms with Crippen molar-refractivity contribution >= 4 is 0 Å². The van der Waals surface area contributed by atoms with Crippen LogP contribution in [0.15, 0.2) is 23.2 Å². The van der Waals surface area contributed by atoms with Crippen LogP contribution < -0.4 is 0 Å². The van der Waals surface area contributed by atoms with Crippen molar-refractivity contribution in [2.24, 2.45) is 0 Å². The molecule has 3 nitrogen and oxygen atoms in total. The largest absolute Gasteiger partial charge is 0.364 e. The lowest BCUT2D eigenvalue weighted by Crippen LogP contribution is -1.99. The SMILES string of the molecule is Cc1cn(Cc2cnoc2)c(C)c1C. The van der Waals surface area contributed by atoms with E-state index >= 15 is 0 Å². The Morgan fingerprint density at radius 3 is 2.64 bits per heavy atom. The highest BCUT2D eigenvalue weighted by atomic mass is 16.5. The van der Waals surface area contributed by atoms with E-state index in [1.165, 1.54) is 16.8 Å². The summed E-state index contributed by atoms with van der Waals surface area (Å²) in [7, 11) is 0. The van der Waals surface area contributed by atoms with Gasteiger partial charge in [0.2, 0.25) is 0 Å². The van der Waals surface area contributed by atoms with Gasteiger partial charge >= 0.3 is 0 Å². The summed E-state index contributed by atoms with van der Waals surface area (Å²) >= 11 is 0. The van der Waals surface area contributed by atoms with Gasteiger partial charge in [0.25, 0.3) is 0 Å². The van der Waals surface area contributed by atoms with Gasteiger partial charge in [-0.25, -0.2) is 0 Å². The molecule has 0 bridgehead atoms. The van der Waals surface area contributed by atoms with E-state index in [9.17, 15) is 0 Å². The van der Waals surface area contributed by atoms with E-state index in [2.05, 4.69) is 36.7 Å². The highest BCUT2D eigenvalue weighted by Gasteiger charge is 2.06. The molecule has 0 N–H and O–H groups in total. The quantitative estimate of drug-likeness (QED) is 0.728. The lowest BCUT2D eigenvalue weighted by molar-refractivity contribution is 0.418. The van der Waals surface area contributed by atoms with Gasteiger partial charge in [-0.3, -0.25) is 0 Å². The number of rotatable bonds is 2. The first-order valence-corrected chi connectivity index (χ1v) is 4.69. The van der Waals surface area contributed by atoms with Gasteiger partial charge in [0.1, 0.15) is 6.26 Å². The van der Waals surface area contributed by atoms with Crippen molar-refractivity contribution in [2.75, 3.05) is 0 Å². The van der Waals surface area contributed by atoms with E-state index in [1.807, 2.05) is 0 Å². The van der Waals surface area contributed by atoms with Gasteiger partial charge in [-0.15, -0.1) is 0 Å². The summed E-state index contributed by atoms with van der Waals surface area (Å²) in [6.07, 6.45) is 5.60. The molecule has 0 radical (unpaired) electrons. The fraction of sp³-hybridized carbons (Fsp3) is 0.364. The molecule has 0 unspecified atom stereocenters. The van der Waals surface area contributed by atoms with Crippen LogP contribution >= 0.6 is 0 Å². The monoisotopic (exact) mass is 190 g/mol. The van der Waals surface area contributed by atoms with Crippen LogP contribution in [0, 0.1) is 20.8 Å². The Hall–Kier alpha value is -1.51. The molecule has 0 saturated carbocycles. The third-order valence-corrected chi connectivity index (χ3v) is 2.75. The van der Waals surface area contributed by atoms with E-state index in [0.717, 1.165) is 12.1 Å². The van der Waals surface area contributed by atoms with Crippen molar-refractivity contribution in [3.8, 4) is 0 Å². The molecule has 0 fully saturated rings. The van der Waals surface area contributed by atoms with Crippen LogP contribution in [0.5, 0.6) is 0 Å². The Balaban J connectivity index is 2.30. The lowest BCUT2D eigenvalue weighted by atomic mass is 10.2. The van der Waals surface area contributed by atoms with Crippen LogP contribution in [0.3, 0.4) is 0 Å². The van der Waals surface area contributed by atoms with Gasteiger partial charge in [0.05, 0.1) is 12.7 Å². The molecule has 0 aliphatic heterocycles. The van der Waals surface area contributed by atoms with Crippen molar-refractivity contribution in [3.05, 3.63) is 41.0 Å². The van der Waals surface area contributed by atoms with Gasteiger partial charge in [-0.1, -0.05) is 5.16 Å². The molecule has 0 amide bonds. The Labute approximate surface area is 83.3 Å². The minimum atomic E-state index is 0.837. The molecule has 14 heavy (non-hydrogen) atoms. The molecular formula is C11H14N2O. The molecule has 3 heteroatoms. The summed E-state index contributed by atoms with van der Waals surface area (Å²) in [6, 6.07) is 0. The Kier molecular flexibility index (Phi) is 2.15. The second-order valence-corrected chi connectivity index (χ2v) is 3.68. The highest BCUT2D eigenvalue weighted by molar-refractivity contribution is 5.29. The van der Waals surface area contributed by atoms with E-state index in [0.29, 0.717) is 0 Å². The van der Waals surface area contributed by atoms with E-state index in [1.54, 1.807) is 12.5 Å². The molecule has 2 aromatic rings. The molecule has 74 valence electrons. The van der Waals surface area contributed by atoms with Crippen LogP contribution in [-0.2, 0) is 6.54 Å². The van der Waals surface area contributed by atoms with Crippen molar-refractivity contribution < 1.29 is 4.52 Å². The number of nitrogens with zero attached hydrogens (tertiary/aromatic N) is 2. The van der Waals surface area contributed by atoms with Crippen LogP contribution in [0.25, 0.3) is 0 Å². The summed E-state index contributed by atoms with van der Waals surface area (Å²) in [5, 5.41) is 3.69. The predicted octanol–water partition coefficient (Wildman–Crippen LogP) is 2.45. The van der Waals surface area contributed by atoms with Gasteiger partial charge < -0.3 is 9.09 Å². The zero-order valence-electron chi connectivity index (χ0n) is 8.74. The van der Waals surface area contributed by atoms with Crippen molar-refractivity contribution in [2.45, 2.75) is 27.3 Å². The van der Waals surface area contributed by atoms with E-state index in [4.69, 9.17) is 4.52 Å². The topological polar surface area (TPSA) is 31.0 Å². The average Bonchev–Trinajstić information content (AvgIpc) is 2.73. The summed E-state index contributed by atoms with van der Waals surface area (Å²) in [5.41, 5.74) is 5.10. The van der Waals surface area contributed by atoms with Crippen molar-refractivity contribution in [1.82, 2.24) is 9.72 Å². The molecule has 0 aliphatic carbocycles. The number of hydrogen-bond acceptors (Lipinski definition) is 2. The molecule has 0 saturated heterocycles. The molecule has 0 spiro atoms. The fourth-order valence-corrected chi connectivity index (χ4v) is 1.59. The number of hydrogen-bond donors (Lipinski definition) is 0. The van der Waals surface area contributed by atoms with Crippen LogP contribution in [0.1, 0.15) is 22.4 Å². The molecule has 2 rings (SSSR count). The normalized spacial score (nSPS) is 10.8. The zero-order chi connectivity index (χ0) is 10.1. The molecule has 2 aromatic heterocycles. The standard InChI is InChI=1S/C11H14N2O/c1-8-5-13(10(3)9(8)2)6-11-4-12-14-7-11/h4-5,7H,6H2,1-3H3. The van der Waals surface area contributed by atoms with Gasteiger partial charge in [0.15, 0.2) is 0 Å². The maximum Gasteiger partial charge on any atom is 0.128 e. The van der Waals surface area contributed by atoms with Gasteiger partial charge in [-0.05, 0) is 31.9 Å². The zero-order valence-corrected chi connectivity index (χ0v) is 8.74. The first-order chi connectivity index (χ1) is 6.68. The minimum Gasteiger partial charge on any atom is -0.364 e. The fourth-order valence-electron chi connectivity index (χ4n) is 1.59. The first-order valence-electron chi connectivity index (χ1n) is 4.69. The van der Waals surface area contributed by atoms with Crippen molar-refractivity contribution in [3.63, 3.8) is 0 Å². The van der Waals surface area contributed by atoms with Crippen LogP contribution in [-0.4, -0.2) is 9.72 Å². The molecule has 0 aliphatic rings. The minimum absolute atomic E-state index is 0.837. The first kappa shape index (κ1) is 9.06. The molecular weight excluding hydrogens is 176 g/mol. The summed E-state index contributed by atoms with van der Waals surface area (Å²) in [6.45, 7) is 7.25. The number of aryl methyl sites for hydroxylation is 1. The Morgan fingerprint density at radius 2 is 2.14 bits per heavy atom. The highest BCUT2D eigenvalue weighted by Crippen LogP contribution is 2.15. The van der Waals surface area contributed by atoms with E-state index in [-0.39, 0.29) is 0 Å². The van der Waals surface area contributed by atoms with Gasteiger partial charge in [0, 0.05) is 17.5 Å². The summed E-state index contributed by atoms with van der Waals surface area (Å²) in [5.74, 6) is 0. The smallest absolute Gasteiger partial charge is 0.128 e. The van der Waals surface area contributed by atoms with Crippen molar-refractivity contribution in [1.29, 1.82) is 0 Å². The Bertz CT molecular complexity index is 426. The number of aromatic nitrogens is 2. The second-order valence-electron chi connectivity index (χ2n) is 3.68. The maximum atomic E-state index is 4.80. The summed E-state index contributed by atoms with van der Waals surface area (Å²) < 4.78 is 7.02. The molecule has 0 atom stereocenters. The van der Waals surface area contributed by atoms with Crippen LogP contribution in [0.4, 0.5) is 0 Å².